The minimum absolute atomic E-state index is 0.123. The predicted octanol–water partition coefficient (Wildman–Crippen LogP) is 3.12. The fourth-order valence-electron chi connectivity index (χ4n) is 3.01. The molecule has 4 aromatic rings. The van der Waals surface area contributed by atoms with Crippen LogP contribution in [0.3, 0.4) is 0 Å². The number of fused-ring (bicyclic) bond motifs is 1. The summed E-state index contributed by atoms with van der Waals surface area (Å²) in [4.78, 5) is 12.5. The highest BCUT2D eigenvalue weighted by Gasteiger charge is 2.10. The molecule has 0 aliphatic heterocycles. The number of nitrogens with zero attached hydrogens (tertiary/aromatic N) is 5. The highest BCUT2D eigenvalue weighted by atomic mass is 79.9. The number of hydrogen-bond acceptors (Lipinski definition) is 4. The largest absolute Gasteiger partial charge is 0.350 e. The Labute approximate surface area is 164 Å². The molecule has 2 aromatic heterocycles. The van der Waals surface area contributed by atoms with Crippen molar-refractivity contribution in [3.05, 3.63) is 70.6 Å². The average molecular weight is 425 g/mol. The van der Waals surface area contributed by atoms with Gasteiger partial charge in [-0.3, -0.25) is 4.79 Å². The van der Waals surface area contributed by atoms with E-state index in [9.17, 15) is 4.79 Å². The van der Waals surface area contributed by atoms with Gasteiger partial charge in [0.05, 0.1) is 5.69 Å². The second-order valence-corrected chi connectivity index (χ2v) is 7.14. The van der Waals surface area contributed by atoms with Gasteiger partial charge < -0.3 is 9.88 Å². The third-order valence-corrected chi connectivity index (χ3v) is 4.93. The van der Waals surface area contributed by atoms with Crippen LogP contribution < -0.4 is 5.32 Å². The molecule has 1 amide bonds. The number of nitrogens with one attached hydrogen (secondary N) is 1. The minimum atomic E-state index is -0.123. The van der Waals surface area contributed by atoms with Crippen molar-refractivity contribution in [1.82, 2.24) is 30.1 Å². The Kier molecular flexibility index (Phi) is 4.72. The lowest BCUT2D eigenvalue weighted by Gasteiger charge is -2.10. The van der Waals surface area contributed by atoms with Crippen LogP contribution in [0.25, 0.3) is 16.6 Å². The molecule has 27 heavy (non-hydrogen) atoms. The third kappa shape index (κ3) is 3.61. The van der Waals surface area contributed by atoms with E-state index in [1.54, 1.807) is 16.8 Å². The van der Waals surface area contributed by atoms with Gasteiger partial charge in [0.25, 0.3) is 5.91 Å². The van der Waals surface area contributed by atoms with Crippen LogP contribution in [0.5, 0.6) is 0 Å². The second-order valence-electron chi connectivity index (χ2n) is 6.22. The molecule has 0 atom stereocenters. The first-order valence-electron chi connectivity index (χ1n) is 8.48. The number of aromatic nitrogens is 5. The molecule has 0 saturated carbocycles. The summed E-state index contributed by atoms with van der Waals surface area (Å²) in [6.45, 7) is 3.18. The second kappa shape index (κ2) is 7.32. The van der Waals surface area contributed by atoms with Gasteiger partial charge in [0.15, 0.2) is 0 Å². The van der Waals surface area contributed by atoms with Gasteiger partial charge in [-0.2, -0.15) is 0 Å². The standard InChI is InChI=1S/C19H17BrN6O/c1-13-2-3-15(10-17(13)26-12-22-23-24-26)19(27)21-7-9-25-8-6-14-4-5-16(20)11-18(14)25/h2-6,8,10-12H,7,9H2,1H3,(H,21,27). The monoisotopic (exact) mass is 424 g/mol. The average Bonchev–Trinajstić information content (AvgIpc) is 3.32. The lowest BCUT2D eigenvalue weighted by molar-refractivity contribution is 0.0952. The maximum atomic E-state index is 12.5. The molecule has 4 rings (SSSR count). The lowest BCUT2D eigenvalue weighted by atomic mass is 10.1. The van der Waals surface area contributed by atoms with E-state index in [2.05, 4.69) is 59.5 Å². The Bertz CT molecular complexity index is 1100. The van der Waals surface area contributed by atoms with Crippen molar-refractivity contribution in [2.24, 2.45) is 0 Å². The quantitative estimate of drug-likeness (QED) is 0.533. The van der Waals surface area contributed by atoms with Crippen molar-refractivity contribution in [3.8, 4) is 5.69 Å². The fraction of sp³-hybridized carbons (Fsp3) is 0.158. The van der Waals surface area contributed by atoms with Crippen LogP contribution in [0.4, 0.5) is 0 Å². The van der Waals surface area contributed by atoms with Crippen molar-refractivity contribution in [2.75, 3.05) is 6.54 Å². The fourth-order valence-corrected chi connectivity index (χ4v) is 3.36. The molecule has 0 fully saturated rings. The number of benzene rings is 2. The SMILES string of the molecule is Cc1ccc(C(=O)NCCn2ccc3ccc(Br)cc32)cc1-n1cnnn1. The minimum Gasteiger partial charge on any atom is -0.350 e. The molecule has 0 unspecified atom stereocenters. The number of hydrogen-bond donors (Lipinski definition) is 1. The van der Waals surface area contributed by atoms with Gasteiger partial charge in [0.2, 0.25) is 0 Å². The zero-order chi connectivity index (χ0) is 18.8. The summed E-state index contributed by atoms with van der Waals surface area (Å²) in [5, 5.41) is 15.3. The number of aryl methyl sites for hydroxylation is 1. The normalized spacial score (nSPS) is 11.0. The Morgan fingerprint density at radius 1 is 1.19 bits per heavy atom. The van der Waals surface area contributed by atoms with E-state index in [0.717, 1.165) is 21.2 Å². The Morgan fingerprint density at radius 2 is 2.07 bits per heavy atom. The summed E-state index contributed by atoms with van der Waals surface area (Å²) in [6.07, 6.45) is 3.55. The first-order chi connectivity index (χ1) is 13.1. The van der Waals surface area contributed by atoms with Gasteiger partial charge in [-0.1, -0.05) is 28.1 Å². The first kappa shape index (κ1) is 17.4. The van der Waals surface area contributed by atoms with Gasteiger partial charge >= 0.3 is 0 Å². The number of tetrazole rings is 1. The molecule has 2 heterocycles. The lowest BCUT2D eigenvalue weighted by Crippen LogP contribution is -2.27. The van der Waals surface area contributed by atoms with Crippen LogP contribution in [-0.4, -0.2) is 37.2 Å². The topological polar surface area (TPSA) is 77.6 Å². The molecule has 0 bridgehead atoms. The highest BCUT2D eigenvalue weighted by Crippen LogP contribution is 2.20. The van der Waals surface area contributed by atoms with Crippen LogP contribution in [0, 0.1) is 6.92 Å². The molecular weight excluding hydrogens is 408 g/mol. The Hall–Kier alpha value is -3.00. The van der Waals surface area contributed by atoms with Gasteiger partial charge in [-0.15, -0.1) is 5.10 Å². The van der Waals surface area contributed by atoms with E-state index in [0.29, 0.717) is 18.7 Å². The zero-order valence-corrected chi connectivity index (χ0v) is 16.2. The summed E-state index contributed by atoms with van der Waals surface area (Å²) in [7, 11) is 0. The molecule has 2 aromatic carbocycles. The van der Waals surface area contributed by atoms with Crippen molar-refractivity contribution < 1.29 is 4.79 Å². The number of halogens is 1. The maximum absolute atomic E-state index is 12.5. The summed E-state index contributed by atoms with van der Waals surface area (Å²) in [5.41, 5.74) is 3.48. The molecule has 0 spiro atoms. The Balaban J connectivity index is 1.45. The van der Waals surface area contributed by atoms with E-state index >= 15 is 0 Å². The van der Waals surface area contributed by atoms with Crippen molar-refractivity contribution in [3.63, 3.8) is 0 Å². The van der Waals surface area contributed by atoms with E-state index < -0.39 is 0 Å². The van der Waals surface area contributed by atoms with Gasteiger partial charge in [0.1, 0.15) is 6.33 Å². The van der Waals surface area contributed by atoms with Gasteiger partial charge in [-0.05, 0) is 58.6 Å². The number of carbonyl (C=O) groups is 1. The predicted molar refractivity (Wildman–Crippen MR) is 106 cm³/mol. The maximum Gasteiger partial charge on any atom is 0.251 e. The molecule has 0 radical (unpaired) electrons. The van der Waals surface area contributed by atoms with Crippen LogP contribution in [-0.2, 0) is 6.54 Å². The van der Waals surface area contributed by atoms with E-state index in [1.807, 2.05) is 25.3 Å². The third-order valence-electron chi connectivity index (χ3n) is 4.44. The van der Waals surface area contributed by atoms with Crippen LogP contribution in [0.2, 0.25) is 0 Å². The first-order valence-corrected chi connectivity index (χ1v) is 9.28. The molecule has 0 aliphatic rings. The van der Waals surface area contributed by atoms with Crippen LogP contribution in [0.15, 0.2) is 59.5 Å². The molecule has 0 aliphatic carbocycles. The van der Waals surface area contributed by atoms with E-state index in [-0.39, 0.29) is 5.91 Å². The summed E-state index contributed by atoms with van der Waals surface area (Å²) in [5.74, 6) is -0.123. The Morgan fingerprint density at radius 3 is 2.89 bits per heavy atom. The number of rotatable bonds is 5. The zero-order valence-electron chi connectivity index (χ0n) is 14.6. The molecule has 0 saturated heterocycles. The molecule has 1 N–H and O–H groups in total. The molecule has 136 valence electrons. The van der Waals surface area contributed by atoms with Crippen molar-refractivity contribution in [1.29, 1.82) is 0 Å². The van der Waals surface area contributed by atoms with Crippen molar-refractivity contribution in [2.45, 2.75) is 13.5 Å². The molecule has 8 heteroatoms. The number of amides is 1. The summed E-state index contributed by atoms with van der Waals surface area (Å²) < 4.78 is 4.71. The van der Waals surface area contributed by atoms with Crippen molar-refractivity contribution >= 4 is 32.7 Å². The summed E-state index contributed by atoms with van der Waals surface area (Å²) >= 11 is 3.50. The van der Waals surface area contributed by atoms with Gasteiger partial charge in [0, 0.05) is 34.8 Å². The van der Waals surface area contributed by atoms with Crippen LogP contribution in [0.1, 0.15) is 15.9 Å². The summed E-state index contributed by atoms with van der Waals surface area (Å²) in [6, 6.07) is 13.7. The van der Waals surface area contributed by atoms with Gasteiger partial charge in [-0.25, -0.2) is 4.68 Å². The highest BCUT2D eigenvalue weighted by molar-refractivity contribution is 9.10. The van der Waals surface area contributed by atoms with Crippen LogP contribution >= 0.6 is 15.9 Å². The number of carbonyl (C=O) groups excluding carboxylic acids is 1. The van der Waals surface area contributed by atoms with E-state index in [4.69, 9.17) is 0 Å². The molecule has 7 nitrogen and oxygen atoms in total. The smallest absolute Gasteiger partial charge is 0.251 e. The molecular formula is C19H17BrN6O. The van der Waals surface area contributed by atoms with E-state index in [1.165, 1.54) is 11.7 Å².